The molecule has 0 aliphatic heterocycles. The van der Waals surface area contributed by atoms with Crippen LogP contribution >= 0.6 is 0 Å². The Kier molecular flexibility index (Phi) is 7.72. The monoisotopic (exact) mass is 264 g/mol. The summed E-state index contributed by atoms with van der Waals surface area (Å²) < 4.78 is 4.67. The van der Waals surface area contributed by atoms with Crippen LogP contribution in [0.15, 0.2) is 11.6 Å². The van der Waals surface area contributed by atoms with Gasteiger partial charge in [-0.15, -0.1) is 0 Å². The highest BCUT2D eigenvalue weighted by molar-refractivity contribution is 5.87. The number of carbonyl (C=O) groups excluding carboxylic acids is 1. The molecule has 0 heterocycles. The van der Waals surface area contributed by atoms with Gasteiger partial charge in [-0.25, -0.2) is 4.79 Å². The van der Waals surface area contributed by atoms with Gasteiger partial charge in [0, 0.05) is 5.57 Å². The van der Waals surface area contributed by atoms with E-state index in [1.165, 1.54) is 13.0 Å². The second-order valence-corrected chi connectivity index (χ2v) is 3.87. The van der Waals surface area contributed by atoms with Gasteiger partial charge in [0.25, 0.3) is 0 Å². The van der Waals surface area contributed by atoms with E-state index in [2.05, 4.69) is 4.74 Å². The molecule has 7 nitrogen and oxygen atoms in total. The average molecular weight is 264 g/mol. The van der Waals surface area contributed by atoms with Crippen molar-refractivity contribution >= 4 is 5.97 Å². The van der Waals surface area contributed by atoms with Crippen molar-refractivity contribution in [2.75, 3.05) is 13.2 Å². The predicted molar refractivity (Wildman–Crippen MR) is 61.5 cm³/mol. The molecule has 0 aromatic carbocycles. The summed E-state index contributed by atoms with van der Waals surface area (Å²) in [4.78, 5) is 11.2. The molecule has 0 aliphatic carbocycles. The van der Waals surface area contributed by atoms with Crippen LogP contribution in [0.3, 0.4) is 0 Å². The van der Waals surface area contributed by atoms with Crippen LogP contribution in [0.2, 0.25) is 0 Å². The summed E-state index contributed by atoms with van der Waals surface area (Å²) in [7, 11) is 0. The van der Waals surface area contributed by atoms with Crippen LogP contribution in [-0.4, -0.2) is 69.1 Å². The normalized spacial score (nSPS) is 18.9. The van der Waals surface area contributed by atoms with Crippen molar-refractivity contribution in [3.05, 3.63) is 11.6 Å². The first-order valence-electron chi connectivity index (χ1n) is 5.48. The molecule has 0 amide bonds. The van der Waals surface area contributed by atoms with Gasteiger partial charge in [-0.05, 0) is 13.8 Å². The van der Waals surface area contributed by atoms with Crippen molar-refractivity contribution in [3.63, 3.8) is 0 Å². The first kappa shape index (κ1) is 17.0. The van der Waals surface area contributed by atoms with Gasteiger partial charge in [0.1, 0.15) is 31.0 Å². The first-order chi connectivity index (χ1) is 8.34. The molecule has 4 unspecified atom stereocenters. The van der Waals surface area contributed by atoms with Gasteiger partial charge in [-0.3, -0.25) is 0 Å². The number of hydrogen-bond donors (Lipinski definition) is 5. The van der Waals surface area contributed by atoms with E-state index in [0.717, 1.165) is 0 Å². The number of ether oxygens (including phenoxy) is 1. The first-order valence-corrected chi connectivity index (χ1v) is 5.48. The van der Waals surface area contributed by atoms with Crippen molar-refractivity contribution in [1.82, 2.24) is 0 Å². The molecule has 0 aromatic heterocycles. The molecule has 0 aliphatic rings. The fourth-order valence-corrected chi connectivity index (χ4v) is 1.05. The molecule has 7 heteroatoms. The standard InChI is InChI=1S/C11H20O7/c1-3-6(2)11(17)18-5-8(14)10(16)9(15)7(13)4-12/h3,7-10,12-16H,4-5H2,1-2H3. The quantitative estimate of drug-likeness (QED) is 0.264. The summed E-state index contributed by atoms with van der Waals surface area (Å²) in [6.45, 7) is 1.88. The lowest BCUT2D eigenvalue weighted by Crippen LogP contribution is -2.47. The summed E-state index contributed by atoms with van der Waals surface area (Å²) >= 11 is 0. The Bertz CT molecular complexity index is 289. The zero-order valence-corrected chi connectivity index (χ0v) is 10.4. The molecule has 0 fully saturated rings. The molecule has 0 saturated heterocycles. The summed E-state index contributed by atoms with van der Waals surface area (Å²) in [5.74, 6) is -0.652. The Morgan fingerprint density at radius 1 is 1.17 bits per heavy atom. The third-order valence-electron chi connectivity index (χ3n) is 2.47. The van der Waals surface area contributed by atoms with Crippen LogP contribution in [0.25, 0.3) is 0 Å². The molecule has 106 valence electrons. The molecular weight excluding hydrogens is 244 g/mol. The van der Waals surface area contributed by atoms with Crippen molar-refractivity contribution in [3.8, 4) is 0 Å². The highest BCUT2D eigenvalue weighted by Crippen LogP contribution is 2.06. The van der Waals surface area contributed by atoms with Gasteiger partial charge in [0.05, 0.1) is 6.61 Å². The average Bonchev–Trinajstić information content (AvgIpc) is 2.40. The molecule has 5 N–H and O–H groups in total. The summed E-state index contributed by atoms with van der Waals surface area (Å²) in [6, 6.07) is 0. The molecule has 0 spiro atoms. The Morgan fingerprint density at radius 2 is 1.67 bits per heavy atom. The van der Waals surface area contributed by atoms with Crippen molar-refractivity contribution < 1.29 is 35.1 Å². The minimum Gasteiger partial charge on any atom is -0.459 e. The maximum absolute atomic E-state index is 11.2. The molecule has 0 rings (SSSR count). The second-order valence-electron chi connectivity index (χ2n) is 3.87. The van der Waals surface area contributed by atoms with Crippen molar-refractivity contribution in [2.24, 2.45) is 0 Å². The van der Waals surface area contributed by atoms with E-state index in [1.807, 2.05) is 0 Å². The van der Waals surface area contributed by atoms with Crippen molar-refractivity contribution in [1.29, 1.82) is 0 Å². The summed E-state index contributed by atoms with van der Waals surface area (Å²) in [5, 5.41) is 45.8. The van der Waals surface area contributed by atoms with Gasteiger partial charge in [-0.2, -0.15) is 0 Å². The van der Waals surface area contributed by atoms with Crippen LogP contribution < -0.4 is 0 Å². The molecule has 0 aromatic rings. The lowest BCUT2D eigenvalue weighted by molar-refractivity contribution is -0.152. The van der Waals surface area contributed by atoms with Crippen LogP contribution in [-0.2, 0) is 9.53 Å². The topological polar surface area (TPSA) is 127 Å². The molecule has 18 heavy (non-hydrogen) atoms. The lowest BCUT2D eigenvalue weighted by atomic mass is 10.0. The van der Waals surface area contributed by atoms with Crippen LogP contribution in [0.1, 0.15) is 13.8 Å². The largest absolute Gasteiger partial charge is 0.459 e. The molecule has 0 bridgehead atoms. The van der Waals surface area contributed by atoms with E-state index < -0.39 is 43.6 Å². The van der Waals surface area contributed by atoms with E-state index in [1.54, 1.807) is 6.92 Å². The Balaban J connectivity index is 4.24. The number of aliphatic hydroxyl groups is 5. The number of aliphatic hydroxyl groups excluding tert-OH is 5. The fourth-order valence-electron chi connectivity index (χ4n) is 1.05. The van der Waals surface area contributed by atoms with Gasteiger partial charge in [-0.1, -0.05) is 6.08 Å². The number of allylic oxidation sites excluding steroid dienone is 1. The smallest absolute Gasteiger partial charge is 0.333 e. The minimum atomic E-state index is -1.73. The Hall–Kier alpha value is -0.990. The fraction of sp³-hybridized carbons (Fsp3) is 0.727. The highest BCUT2D eigenvalue weighted by atomic mass is 16.5. The number of carbonyl (C=O) groups is 1. The molecule has 0 radical (unpaired) electrons. The van der Waals surface area contributed by atoms with Gasteiger partial charge < -0.3 is 30.3 Å². The molecule has 0 saturated carbocycles. The maximum atomic E-state index is 11.2. The predicted octanol–water partition coefficient (Wildman–Crippen LogP) is -2.07. The second kappa shape index (κ2) is 8.17. The highest BCUT2D eigenvalue weighted by Gasteiger charge is 2.30. The number of rotatable bonds is 7. The third-order valence-corrected chi connectivity index (χ3v) is 2.47. The van der Waals surface area contributed by atoms with E-state index in [9.17, 15) is 20.1 Å². The molecular formula is C11H20O7. The maximum Gasteiger partial charge on any atom is 0.333 e. The van der Waals surface area contributed by atoms with Crippen molar-refractivity contribution in [2.45, 2.75) is 38.3 Å². The van der Waals surface area contributed by atoms with E-state index in [0.29, 0.717) is 5.57 Å². The van der Waals surface area contributed by atoms with Crippen LogP contribution in [0, 0.1) is 0 Å². The van der Waals surface area contributed by atoms with Gasteiger partial charge in [0.2, 0.25) is 0 Å². The Labute approximate surface area is 105 Å². The number of hydrogen-bond acceptors (Lipinski definition) is 7. The van der Waals surface area contributed by atoms with E-state index >= 15 is 0 Å². The van der Waals surface area contributed by atoms with E-state index in [4.69, 9.17) is 10.2 Å². The summed E-state index contributed by atoms with van der Waals surface area (Å²) in [6.07, 6.45) is -5.08. The van der Waals surface area contributed by atoms with Gasteiger partial charge >= 0.3 is 5.97 Å². The van der Waals surface area contributed by atoms with Crippen LogP contribution in [0.5, 0.6) is 0 Å². The van der Waals surface area contributed by atoms with Gasteiger partial charge in [0.15, 0.2) is 0 Å². The molecule has 4 atom stereocenters. The minimum absolute atomic E-state index is 0.340. The lowest BCUT2D eigenvalue weighted by Gasteiger charge is -2.25. The SMILES string of the molecule is CC=C(C)C(=O)OCC(O)C(O)C(O)C(O)CO. The third kappa shape index (κ3) is 5.11. The van der Waals surface area contributed by atoms with E-state index in [-0.39, 0.29) is 0 Å². The van der Waals surface area contributed by atoms with Crippen LogP contribution in [0.4, 0.5) is 0 Å². The Morgan fingerprint density at radius 3 is 2.11 bits per heavy atom. The zero-order chi connectivity index (χ0) is 14.3. The summed E-state index contributed by atoms with van der Waals surface area (Å²) in [5.41, 5.74) is 0.340. The number of esters is 1. The zero-order valence-electron chi connectivity index (χ0n) is 10.4.